The Balaban J connectivity index is 0.000000261. The number of hydrogen-bond acceptors (Lipinski definition) is 6. The van der Waals surface area contributed by atoms with Gasteiger partial charge in [0, 0.05) is 31.3 Å². The van der Waals surface area contributed by atoms with E-state index in [0.717, 1.165) is 16.7 Å². The third-order valence-corrected chi connectivity index (χ3v) is 8.63. The summed E-state index contributed by atoms with van der Waals surface area (Å²) in [5.41, 5.74) is 5.83. The molecular weight excluding hydrogens is 666 g/mol. The number of likely N-dealkylation sites (N-methyl/N-ethyl adjacent to an activating group) is 1. The minimum atomic E-state index is -0.468. The number of carbonyl (C=O) groups excluding carboxylic acids is 1. The highest BCUT2D eigenvalue weighted by molar-refractivity contribution is 5.96. The molecule has 4 N–H and O–H groups in total. The number of carbonyl (C=O) groups is 1. The molecule has 2 amide bonds. The van der Waals surface area contributed by atoms with Crippen LogP contribution in [0.5, 0.6) is 0 Å². The molecular formula is C42H54F2N2O6. The first-order valence-corrected chi connectivity index (χ1v) is 17.7. The fourth-order valence-electron chi connectivity index (χ4n) is 5.88. The number of aryl methyl sites for hydroxylation is 2. The number of hydrogen-bond donors (Lipinski definition) is 4. The SMILES string of the molecule is CC(O)CC(CO)OC(C)C.CCC(O)c1ccc(F)c(C)c1.Cc1ccc(C2=CCC=C(C3CN(C)C(=O)N3c3ccc(F)cc3)C(O)=C2)cc1. The van der Waals surface area contributed by atoms with Crippen molar-refractivity contribution in [2.75, 3.05) is 25.1 Å². The Labute approximate surface area is 307 Å². The molecule has 0 bridgehead atoms. The molecule has 8 nitrogen and oxygen atoms in total. The molecule has 282 valence electrons. The summed E-state index contributed by atoms with van der Waals surface area (Å²) in [5, 5.41) is 38.1. The number of allylic oxidation sites excluding steroid dienone is 4. The van der Waals surface area contributed by atoms with Crippen LogP contribution in [0.15, 0.2) is 96.3 Å². The Hall–Kier alpha value is -4.35. The summed E-state index contributed by atoms with van der Waals surface area (Å²) >= 11 is 0. The van der Waals surface area contributed by atoms with Crippen molar-refractivity contribution in [3.63, 3.8) is 0 Å². The Morgan fingerprint density at radius 1 is 0.942 bits per heavy atom. The van der Waals surface area contributed by atoms with Crippen LogP contribution >= 0.6 is 0 Å². The fourth-order valence-corrected chi connectivity index (χ4v) is 5.88. The van der Waals surface area contributed by atoms with Crippen LogP contribution in [0.3, 0.4) is 0 Å². The zero-order valence-electron chi connectivity index (χ0n) is 31.3. The predicted octanol–water partition coefficient (Wildman–Crippen LogP) is 8.35. The normalized spacial score (nSPS) is 17.5. The Morgan fingerprint density at radius 2 is 1.60 bits per heavy atom. The summed E-state index contributed by atoms with van der Waals surface area (Å²) in [6, 6.07) is 18.2. The summed E-state index contributed by atoms with van der Waals surface area (Å²) in [4.78, 5) is 16.0. The highest BCUT2D eigenvalue weighted by atomic mass is 19.1. The van der Waals surface area contributed by atoms with Crippen LogP contribution in [0.1, 0.15) is 75.3 Å². The maximum absolute atomic E-state index is 13.4. The van der Waals surface area contributed by atoms with Gasteiger partial charge in [0.2, 0.25) is 0 Å². The molecule has 0 aromatic heterocycles. The highest BCUT2D eigenvalue weighted by Gasteiger charge is 2.39. The van der Waals surface area contributed by atoms with Gasteiger partial charge in [0.05, 0.1) is 37.1 Å². The largest absolute Gasteiger partial charge is 0.508 e. The number of aliphatic hydroxyl groups is 4. The molecule has 0 radical (unpaired) electrons. The maximum Gasteiger partial charge on any atom is 0.324 e. The van der Waals surface area contributed by atoms with Gasteiger partial charge in [0.25, 0.3) is 0 Å². The third kappa shape index (κ3) is 12.1. The van der Waals surface area contributed by atoms with Crippen LogP contribution in [-0.2, 0) is 4.74 Å². The summed E-state index contributed by atoms with van der Waals surface area (Å²) in [5.74, 6) is -0.426. The van der Waals surface area contributed by atoms with Gasteiger partial charge in [0.1, 0.15) is 17.4 Å². The predicted molar refractivity (Wildman–Crippen MR) is 203 cm³/mol. The summed E-state index contributed by atoms with van der Waals surface area (Å²) in [6.07, 6.45) is 6.58. The number of nitrogens with zero attached hydrogens (tertiary/aromatic N) is 2. The summed E-state index contributed by atoms with van der Waals surface area (Å²) < 4.78 is 31.4. The number of ether oxygens (including phenoxy) is 1. The molecule has 0 spiro atoms. The number of rotatable bonds is 10. The average Bonchev–Trinajstić information content (AvgIpc) is 3.26. The molecule has 0 saturated carbocycles. The van der Waals surface area contributed by atoms with Crippen molar-refractivity contribution in [2.24, 2.45) is 0 Å². The molecule has 1 aliphatic heterocycles. The molecule has 10 heteroatoms. The second-order valence-corrected chi connectivity index (χ2v) is 13.5. The monoisotopic (exact) mass is 720 g/mol. The van der Waals surface area contributed by atoms with Crippen LogP contribution in [0, 0.1) is 25.5 Å². The second-order valence-electron chi connectivity index (χ2n) is 13.5. The quantitative estimate of drug-likeness (QED) is 0.168. The lowest BCUT2D eigenvalue weighted by molar-refractivity contribution is -0.0439. The average molecular weight is 721 g/mol. The van der Waals surface area contributed by atoms with Crippen molar-refractivity contribution in [3.05, 3.63) is 130 Å². The molecule has 3 aromatic rings. The Bertz CT molecular complexity index is 1680. The summed E-state index contributed by atoms with van der Waals surface area (Å²) in [6.45, 7) is 11.5. The Kier molecular flexibility index (Phi) is 16.2. The van der Waals surface area contributed by atoms with Crippen molar-refractivity contribution in [2.45, 2.75) is 91.3 Å². The van der Waals surface area contributed by atoms with Gasteiger partial charge < -0.3 is 30.1 Å². The van der Waals surface area contributed by atoms with Crippen LogP contribution in [0.4, 0.5) is 19.3 Å². The third-order valence-electron chi connectivity index (χ3n) is 8.63. The molecule has 52 heavy (non-hydrogen) atoms. The fraction of sp³-hybridized carbons (Fsp3) is 0.405. The lowest BCUT2D eigenvalue weighted by Gasteiger charge is -2.25. The molecule has 2 aliphatic rings. The van der Waals surface area contributed by atoms with E-state index in [1.807, 2.05) is 58.0 Å². The van der Waals surface area contributed by atoms with Crippen LogP contribution in [0.2, 0.25) is 0 Å². The van der Waals surface area contributed by atoms with E-state index < -0.39 is 12.2 Å². The molecule has 5 rings (SSSR count). The topological polar surface area (TPSA) is 114 Å². The van der Waals surface area contributed by atoms with Gasteiger partial charge in [0.15, 0.2) is 0 Å². The number of benzene rings is 3. The number of anilines is 1. The van der Waals surface area contributed by atoms with Crippen LogP contribution < -0.4 is 4.90 Å². The minimum absolute atomic E-state index is 0.0247. The van der Waals surface area contributed by atoms with Crippen molar-refractivity contribution < 1.29 is 38.7 Å². The van der Waals surface area contributed by atoms with Crippen molar-refractivity contribution >= 4 is 17.3 Å². The molecule has 4 atom stereocenters. The van der Waals surface area contributed by atoms with Crippen LogP contribution in [-0.4, -0.2) is 75.9 Å². The lowest BCUT2D eigenvalue weighted by atomic mass is 10.0. The van der Waals surface area contributed by atoms with Gasteiger partial charge in [-0.3, -0.25) is 4.90 Å². The smallest absolute Gasteiger partial charge is 0.324 e. The zero-order chi connectivity index (χ0) is 38.5. The van der Waals surface area contributed by atoms with Crippen LogP contribution in [0.25, 0.3) is 5.57 Å². The second kappa shape index (κ2) is 20.0. The molecule has 1 aliphatic carbocycles. The van der Waals surface area contributed by atoms with Crippen molar-refractivity contribution in [1.82, 2.24) is 4.90 Å². The number of amides is 2. The van der Waals surface area contributed by atoms with E-state index >= 15 is 0 Å². The van der Waals surface area contributed by atoms with Gasteiger partial charge in [-0.1, -0.05) is 61.0 Å². The maximum atomic E-state index is 13.4. The number of halogens is 2. The van der Waals surface area contributed by atoms with E-state index in [0.29, 0.717) is 42.6 Å². The van der Waals surface area contributed by atoms with Gasteiger partial charge in [-0.2, -0.15) is 0 Å². The first-order valence-electron chi connectivity index (χ1n) is 17.7. The highest BCUT2D eigenvalue weighted by Crippen LogP contribution is 2.33. The van der Waals surface area contributed by atoms with Gasteiger partial charge in [-0.25, -0.2) is 13.6 Å². The van der Waals surface area contributed by atoms with Gasteiger partial charge in [-0.05, 0) is 106 Å². The molecule has 4 unspecified atom stereocenters. The molecule has 1 heterocycles. The molecule has 1 fully saturated rings. The van der Waals surface area contributed by atoms with E-state index in [9.17, 15) is 23.8 Å². The van der Waals surface area contributed by atoms with E-state index in [1.54, 1.807) is 61.0 Å². The minimum Gasteiger partial charge on any atom is -0.508 e. The van der Waals surface area contributed by atoms with Crippen molar-refractivity contribution in [3.8, 4) is 0 Å². The first kappa shape index (κ1) is 42.1. The Morgan fingerprint density at radius 3 is 2.15 bits per heavy atom. The standard InChI is InChI=1S/C24H23FN2O2.C10H13FO.C8H18O3/c1-16-6-8-17(9-7-16)18-4-3-5-21(23(28)14-18)22-15-26(2)24(29)27(22)20-12-10-19(25)11-13-20;1-3-10(12)8-4-5-9(11)7(2)6-8;1-6(2)11-8(5-9)4-7(3)10/h4-14,22,28H,3,15H2,1-2H3;4-6,10,12H,3H2,1-2H3;6-10H,4-5H2,1-3H3. The molecule has 3 aromatic carbocycles. The lowest BCUT2D eigenvalue weighted by Crippen LogP contribution is -2.36. The molecule has 1 saturated heterocycles. The number of aliphatic hydroxyl groups excluding tert-OH is 4. The van der Waals surface area contributed by atoms with Crippen molar-refractivity contribution in [1.29, 1.82) is 0 Å². The first-order chi connectivity index (χ1) is 24.6. The van der Waals surface area contributed by atoms with E-state index in [-0.39, 0.29) is 48.3 Å². The van der Waals surface area contributed by atoms with Gasteiger partial charge >= 0.3 is 6.03 Å². The van der Waals surface area contributed by atoms with E-state index in [4.69, 9.17) is 14.9 Å². The van der Waals surface area contributed by atoms with Gasteiger partial charge in [-0.15, -0.1) is 0 Å². The van der Waals surface area contributed by atoms with E-state index in [2.05, 4.69) is 6.08 Å². The summed E-state index contributed by atoms with van der Waals surface area (Å²) in [7, 11) is 1.73. The zero-order valence-corrected chi connectivity index (χ0v) is 31.3. The van der Waals surface area contributed by atoms with E-state index in [1.165, 1.54) is 23.8 Å². The number of urea groups is 1.